The van der Waals surface area contributed by atoms with Crippen LogP contribution in [0.1, 0.15) is 10.6 Å². The van der Waals surface area contributed by atoms with Crippen molar-refractivity contribution in [2.45, 2.75) is 6.54 Å². The van der Waals surface area contributed by atoms with Crippen LogP contribution in [-0.2, 0) is 6.54 Å². The third-order valence-electron chi connectivity index (χ3n) is 3.07. The van der Waals surface area contributed by atoms with E-state index in [0.717, 1.165) is 17.4 Å². The van der Waals surface area contributed by atoms with Crippen LogP contribution in [-0.4, -0.2) is 15.4 Å². The van der Waals surface area contributed by atoms with Gasteiger partial charge in [0.15, 0.2) is 4.80 Å². The number of aromatic nitrogens is 1. The Bertz CT molecular complexity index is 1070. The van der Waals surface area contributed by atoms with E-state index in [2.05, 4.69) is 10.9 Å². The third kappa shape index (κ3) is 2.82. The summed E-state index contributed by atoms with van der Waals surface area (Å²) in [6, 6.07) is 6.37. The molecule has 1 amide bonds. The number of fused-ring (bicyclic) bond motifs is 1. The van der Waals surface area contributed by atoms with E-state index in [9.17, 15) is 19.3 Å². The summed E-state index contributed by atoms with van der Waals surface area (Å²) >= 11 is 1.08. The first-order valence-electron chi connectivity index (χ1n) is 6.55. The fourth-order valence-corrected chi connectivity index (χ4v) is 3.11. The number of amides is 1. The van der Waals surface area contributed by atoms with Crippen LogP contribution in [0.25, 0.3) is 10.2 Å². The van der Waals surface area contributed by atoms with Gasteiger partial charge in [0.1, 0.15) is 10.7 Å². The summed E-state index contributed by atoms with van der Waals surface area (Å²) in [5.74, 6) is 0.412. The minimum atomic E-state index is -0.791. The van der Waals surface area contributed by atoms with Crippen LogP contribution in [0.5, 0.6) is 0 Å². The maximum absolute atomic E-state index is 13.4. The van der Waals surface area contributed by atoms with Gasteiger partial charge in [-0.15, -0.1) is 6.42 Å². The Morgan fingerprint density at radius 3 is 2.92 bits per heavy atom. The summed E-state index contributed by atoms with van der Waals surface area (Å²) < 4.78 is 20.3. The number of furan rings is 1. The molecule has 0 saturated heterocycles. The second-order valence-electron chi connectivity index (χ2n) is 4.60. The standard InChI is InChI=1S/C15H8FN3O4S/c1-2-7-18-10-4-3-9(16)8-12(10)24-15(18)17-14(20)11-5-6-13(23-11)19(21)22/h1,3-6,8H,7H2. The number of carbonyl (C=O) groups is 1. The zero-order valence-corrected chi connectivity index (χ0v) is 12.7. The van der Waals surface area contributed by atoms with Crippen molar-refractivity contribution in [1.29, 1.82) is 0 Å². The third-order valence-corrected chi connectivity index (χ3v) is 4.12. The van der Waals surface area contributed by atoms with Gasteiger partial charge >= 0.3 is 11.8 Å². The van der Waals surface area contributed by atoms with Crippen molar-refractivity contribution in [3.05, 3.63) is 56.8 Å². The van der Waals surface area contributed by atoms with Gasteiger partial charge < -0.3 is 8.98 Å². The molecule has 0 aliphatic heterocycles. The molecule has 2 aromatic heterocycles. The molecule has 3 aromatic rings. The molecule has 120 valence electrons. The Labute approximate surface area is 137 Å². The number of nitro groups is 1. The van der Waals surface area contributed by atoms with E-state index in [-0.39, 0.29) is 17.1 Å². The highest BCUT2D eigenvalue weighted by molar-refractivity contribution is 7.16. The van der Waals surface area contributed by atoms with Gasteiger partial charge in [-0.2, -0.15) is 4.99 Å². The van der Waals surface area contributed by atoms with Crippen molar-refractivity contribution in [3.63, 3.8) is 0 Å². The lowest BCUT2D eigenvalue weighted by Crippen LogP contribution is -2.16. The Balaban J connectivity index is 2.11. The Hall–Kier alpha value is -3.25. The number of hydrogen-bond acceptors (Lipinski definition) is 5. The Morgan fingerprint density at radius 2 is 2.25 bits per heavy atom. The monoisotopic (exact) mass is 345 g/mol. The SMILES string of the molecule is C#CCn1c(=NC(=O)c2ccc([N+](=O)[O-])o2)sc2cc(F)ccc21. The number of carbonyl (C=O) groups excluding carboxylic acids is 1. The molecule has 1 aromatic carbocycles. The molecule has 0 N–H and O–H groups in total. The second-order valence-corrected chi connectivity index (χ2v) is 5.61. The number of terminal acetylenes is 1. The predicted octanol–water partition coefficient (Wildman–Crippen LogP) is 2.72. The highest BCUT2D eigenvalue weighted by atomic mass is 32.1. The van der Waals surface area contributed by atoms with Gasteiger partial charge in [-0.05, 0) is 24.3 Å². The fraction of sp³-hybridized carbons (Fsp3) is 0.0667. The molecule has 0 aliphatic carbocycles. The van der Waals surface area contributed by atoms with Crippen LogP contribution in [0.15, 0.2) is 39.7 Å². The molecule has 0 fully saturated rings. The predicted molar refractivity (Wildman–Crippen MR) is 83.9 cm³/mol. The van der Waals surface area contributed by atoms with E-state index >= 15 is 0 Å². The molecular formula is C15H8FN3O4S. The van der Waals surface area contributed by atoms with Gasteiger partial charge in [-0.3, -0.25) is 14.9 Å². The lowest BCUT2D eigenvalue weighted by Gasteiger charge is -1.98. The van der Waals surface area contributed by atoms with Gasteiger partial charge in [-0.25, -0.2) is 4.39 Å². The number of nitrogens with zero attached hydrogens (tertiary/aromatic N) is 3. The van der Waals surface area contributed by atoms with Crippen LogP contribution < -0.4 is 4.80 Å². The second kappa shape index (κ2) is 6.10. The first-order valence-corrected chi connectivity index (χ1v) is 7.37. The first-order chi connectivity index (χ1) is 11.5. The molecule has 0 spiro atoms. The maximum atomic E-state index is 13.4. The summed E-state index contributed by atoms with van der Waals surface area (Å²) in [5, 5.41) is 10.6. The van der Waals surface area contributed by atoms with Crippen LogP contribution in [0, 0.1) is 28.3 Å². The molecule has 0 unspecified atom stereocenters. The largest absolute Gasteiger partial charge is 0.433 e. The molecular weight excluding hydrogens is 337 g/mol. The van der Waals surface area contributed by atoms with Crippen LogP contribution >= 0.6 is 11.3 Å². The Morgan fingerprint density at radius 1 is 1.46 bits per heavy atom. The summed E-state index contributed by atoms with van der Waals surface area (Å²) in [7, 11) is 0. The van der Waals surface area contributed by atoms with Crippen LogP contribution in [0.3, 0.4) is 0 Å². The minimum absolute atomic E-state index is 0.135. The lowest BCUT2D eigenvalue weighted by atomic mass is 10.3. The van der Waals surface area contributed by atoms with Crippen LogP contribution in [0.4, 0.5) is 10.3 Å². The molecule has 7 nitrogen and oxygen atoms in total. The molecule has 3 rings (SSSR count). The van der Waals surface area contributed by atoms with Crippen molar-refractivity contribution in [2.75, 3.05) is 0 Å². The van der Waals surface area contributed by atoms with Gasteiger partial charge in [0.2, 0.25) is 5.76 Å². The quantitative estimate of drug-likeness (QED) is 0.415. The average Bonchev–Trinajstić information content (AvgIpc) is 3.13. The van der Waals surface area contributed by atoms with Crippen molar-refractivity contribution < 1.29 is 18.5 Å². The summed E-state index contributed by atoms with van der Waals surface area (Å²) in [4.78, 5) is 26.1. The van der Waals surface area contributed by atoms with Crippen molar-refractivity contribution in [2.24, 2.45) is 4.99 Å². The van der Waals surface area contributed by atoms with Gasteiger partial charge in [0.25, 0.3) is 0 Å². The molecule has 0 bridgehead atoms. The first kappa shape index (κ1) is 15.6. The van der Waals surface area contributed by atoms with E-state index in [1.165, 1.54) is 18.2 Å². The molecule has 0 radical (unpaired) electrons. The maximum Gasteiger partial charge on any atom is 0.433 e. The smallest absolute Gasteiger partial charge is 0.395 e. The van der Waals surface area contributed by atoms with Crippen molar-refractivity contribution in [1.82, 2.24) is 4.57 Å². The fourth-order valence-electron chi connectivity index (χ4n) is 2.06. The number of benzene rings is 1. The number of thiazole rings is 1. The zero-order valence-electron chi connectivity index (χ0n) is 11.9. The van der Waals surface area contributed by atoms with E-state index in [1.54, 1.807) is 10.6 Å². The van der Waals surface area contributed by atoms with Crippen molar-refractivity contribution in [3.8, 4) is 12.3 Å². The van der Waals surface area contributed by atoms with E-state index in [1.807, 2.05) is 0 Å². The normalized spacial score (nSPS) is 11.6. The molecule has 9 heteroatoms. The lowest BCUT2D eigenvalue weighted by molar-refractivity contribution is -0.402. The van der Waals surface area contributed by atoms with Crippen LogP contribution in [0.2, 0.25) is 0 Å². The molecule has 0 saturated carbocycles. The highest BCUT2D eigenvalue weighted by Crippen LogP contribution is 2.19. The summed E-state index contributed by atoms with van der Waals surface area (Å²) in [6.07, 6.45) is 5.33. The van der Waals surface area contributed by atoms with Gasteiger partial charge in [0, 0.05) is 0 Å². The highest BCUT2D eigenvalue weighted by Gasteiger charge is 2.17. The Kier molecular flexibility index (Phi) is 3.97. The minimum Gasteiger partial charge on any atom is -0.395 e. The molecule has 24 heavy (non-hydrogen) atoms. The molecule has 2 heterocycles. The van der Waals surface area contributed by atoms with E-state index < -0.39 is 22.5 Å². The van der Waals surface area contributed by atoms with E-state index in [4.69, 9.17) is 10.8 Å². The number of hydrogen-bond donors (Lipinski definition) is 0. The number of halogens is 1. The zero-order chi connectivity index (χ0) is 17.3. The molecule has 0 atom stereocenters. The van der Waals surface area contributed by atoms with Gasteiger partial charge in [-0.1, -0.05) is 17.3 Å². The summed E-state index contributed by atoms with van der Waals surface area (Å²) in [5.41, 5.74) is 0.635. The van der Waals surface area contributed by atoms with E-state index in [0.29, 0.717) is 10.2 Å². The summed E-state index contributed by atoms with van der Waals surface area (Å²) in [6.45, 7) is 0.135. The topological polar surface area (TPSA) is 90.6 Å². The average molecular weight is 345 g/mol. The molecule has 0 aliphatic rings. The van der Waals surface area contributed by atoms with Gasteiger partial charge in [0.05, 0.1) is 22.8 Å². The number of rotatable bonds is 3. The van der Waals surface area contributed by atoms with Crippen molar-refractivity contribution >= 4 is 33.3 Å².